The molecule has 1 aliphatic carbocycles. The third-order valence-electron chi connectivity index (χ3n) is 5.55. The number of nitrogens with zero attached hydrogens (tertiary/aromatic N) is 2. The largest absolute Gasteiger partial charge is 0.493 e. The van der Waals surface area contributed by atoms with Crippen molar-refractivity contribution in [3.8, 4) is 11.5 Å². The van der Waals surface area contributed by atoms with Crippen molar-refractivity contribution < 1.29 is 19.1 Å². The summed E-state index contributed by atoms with van der Waals surface area (Å²) in [6, 6.07) is 6.02. The fourth-order valence-electron chi connectivity index (χ4n) is 4.27. The fourth-order valence-corrected chi connectivity index (χ4v) is 4.27. The van der Waals surface area contributed by atoms with Gasteiger partial charge in [-0.15, -0.1) is 0 Å². The van der Waals surface area contributed by atoms with Gasteiger partial charge in [-0.25, -0.2) is 0 Å². The first-order valence-corrected chi connectivity index (χ1v) is 10.0. The Labute approximate surface area is 167 Å². The molecule has 1 saturated carbocycles. The number of aliphatic hydroxyl groups excluding tert-OH is 1. The Hall–Kier alpha value is -2.08. The second-order valence-electron chi connectivity index (χ2n) is 8.99. The highest BCUT2D eigenvalue weighted by molar-refractivity contribution is 5.47. The van der Waals surface area contributed by atoms with Gasteiger partial charge in [-0.3, -0.25) is 0 Å². The van der Waals surface area contributed by atoms with Crippen molar-refractivity contribution in [1.29, 1.82) is 0 Å². The number of rotatable bonds is 7. The summed E-state index contributed by atoms with van der Waals surface area (Å²) in [4.78, 5) is 4.70. The van der Waals surface area contributed by atoms with Gasteiger partial charge in [0.15, 0.2) is 17.3 Å². The summed E-state index contributed by atoms with van der Waals surface area (Å²) in [6.45, 7) is 6.33. The predicted molar refractivity (Wildman–Crippen MR) is 107 cm³/mol. The molecule has 6 nitrogen and oxygen atoms in total. The van der Waals surface area contributed by atoms with Gasteiger partial charge in [0.25, 0.3) is 0 Å². The standard InChI is InChI=1S/C22H32N2O4/c1-21(2,3)14-16(25)13-19-23-20(24-28-19)22(10-6-7-11-22)15-8-9-17(26-4)18(12-15)27-5/h8-9,12,16,25H,6-7,10-11,13-14H2,1-5H3. The lowest BCUT2D eigenvalue weighted by Gasteiger charge is -2.26. The van der Waals surface area contributed by atoms with Crippen LogP contribution in [-0.2, 0) is 11.8 Å². The zero-order valence-electron chi connectivity index (χ0n) is 17.6. The first-order chi connectivity index (χ1) is 13.3. The Bertz CT molecular complexity index is 788. The van der Waals surface area contributed by atoms with Crippen molar-refractivity contribution >= 4 is 0 Å². The van der Waals surface area contributed by atoms with Crippen molar-refractivity contribution in [2.24, 2.45) is 5.41 Å². The lowest BCUT2D eigenvalue weighted by atomic mass is 9.78. The van der Waals surface area contributed by atoms with E-state index in [1.165, 1.54) is 0 Å². The van der Waals surface area contributed by atoms with Crippen molar-refractivity contribution in [2.75, 3.05) is 14.2 Å². The smallest absolute Gasteiger partial charge is 0.229 e. The Morgan fingerprint density at radius 1 is 1.14 bits per heavy atom. The number of hydrogen-bond acceptors (Lipinski definition) is 6. The van der Waals surface area contributed by atoms with E-state index in [1.807, 2.05) is 12.1 Å². The molecule has 0 amide bonds. The quantitative estimate of drug-likeness (QED) is 0.762. The average Bonchev–Trinajstić information content (AvgIpc) is 3.29. The topological polar surface area (TPSA) is 77.6 Å². The fraction of sp³-hybridized carbons (Fsp3) is 0.636. The summed E-state index contributed by atoms with van der Waals surface area (Å²) >= 11 is 0. The van der Waals surface area contributed by atoms with E-state index in [4.69, 9.17) is 19.0 Å². The maximum Gasteiger partial charge on any atom is 0.229 e. The lowest BCUT2D eigenvalue weighted by Crippen LogP contribution is -2.26. The molecule has 1 atom stereocenters. The SMILES string of the molecule is COc1ccc(C2(c3noc(CC(O)CC(C)(C)C)n3)CCCC2)cc1OC. The van der Waals surface area contributed by atoms with Crippen LogP contribution in [0.5, 0.6) is 11.5 Å². The Balaban J connectivity index is 1.88. The van der Waals surface area contributed by atoms with Crippen LogP contribution in [0.2, 0.25) is 0 Å². The second kappa shape index (κ2) is 8.11. The minimum atomic E-state index is -0.492. The first kappa shape index (κ1) is 20.6. The Morgan fingerprint density at radius 2 is 1.82 bits per heavy atom. The number of benzene rings is 1. The van der Waals surface area contributed by atoms with Gasteiger partial charge < -0.3 is 19.1 Å². The maximum atomic E-state index is 10.4. The molecule has 3 rings (SSSR count). The van der Waals surface area contributed by atoms with Gasteiger partial charge in [0.1, 0.15) is 0 Å². The van der Waals surface area contributed by atoms with Gasteiger partial charge in [-0.2, -0.15) is 4.98 Å². The summed E-state index contributed by atoms with van der Waals surface area (Å²) < 4.78 is 16.4. The lowest BCUT2D eigenvalue weighted by molar-refractivity contribution is 0.113. The summed E-state index contributed by atoms with van der Waals surface area (Å²) in [5, 5.41) is 14.7. The number of methoxy groups -OCH3 is 2. The summed E-state index contributed by atoms with van der Waals surface area (Å²) in [7, 11) is 3.28. The molecule has 0 aliphatic heterocycles. The molecular formula is C22H32N2O4. The van der Waals surface area contributed by atoms with Crippen LogP contribution in [0.4, 0.5) is 0 Å². The molecule has 1 N–H and O–H groups in total. The van der Waals surface area contributed by atoms with Crippen molar-refractivity contribution in [3.05, 3.63) is 35.5 Å². The van der Waals surface area contributed by atoms with Gasteiger partial charge in [0.2, 0.25) is 5.89 Å². The average molecular weight is 389 g/mol. The molecule has 0 bridgehead atoms. The zero-order valence-corrected chi connectivity index (χ0v) is 17.6. The number of aromatic nitrogens is 2. The highest BCUT2D eigenvalue weighted by atomic mass is 16.5. The van der Waals surface area contributed by atoms with E-state index >= 15 is 0 Å². The normalized spacial score (nSPS) is 17.5. The van der Waals surface area contributed by atoms with Crippen LogP contribution in [0.15, 0.2) is 22.7 Å². The third-order valence-corrected chi connectivity index (χ3v) is 5.55. The van der Waals surface area contributed by atoms with Crippen LogP contribution in [0.1, 0.15) is 70.2 Å². The van der Waals surface area contributed by atoms with Gasteiger partial charge in [0, 0.05) is 0 Å². The van der Waals surface area contributed by atoms with Crippen molar-refractivity contribution in [1.82, 2.24) is 10.1 Å². The monoisotopic (exact) mass is 388 g/mol. The van der Waals surface area contributed by atoms with Crippen LogP contribution in [0, 0.1) is 5.41 Å². The Kier molecular flexibility index (Phi) is 5.98. The summed E-state index contributed by atoms with van der Waals surface area (Å²) in [6.07, 6.45) is 4.74. The van der Waals surface area contributed by atoms with Crippen molar-refractivity contribution in [3.63, 3.8) is 0 Å². The molecule has 0 spiro atoms. The molecule has 154 valence electrons. The molecular weight excluding hydrogens is 356 g/mol. The van der Waals surface area contributed by atoms with E-state index in [9.17, 15) is 5.11 Å². The molecule has 0 radical (unpaired) electrons. The van der Waals surface area contributed by atoms with Gasteiger partial charge in [-0.1, -0.05) is 44.8 Å². The summed E-state index contributed by atoms with van der Waals surface area (Å²) in [5.41, 5.74) is 0.885. The molecule has 2 aromatic rings. The van der Waals surface area contributed by atoms with Gasteiger partial charge in [0.05, 0.1) is 32.2 Å². The summed E-state index contributed by atoms with van der Waals surface area (Å²) in [5.74, 6) is 2.61. The third kappa shape index (κ3) is 4.32. The van der Waals surface area contributed by atoms with E-state index < -0.39 is 6.10 Å². The van der Waals surface area contributed by atoms with Crippen LogP contribution < -0.4 is 9.47 Å². The molecule has 6 heteroatoms. The van der Waals surface area contributed by atoms with E-state index in [0.29, 0.717) is 36.1 Å². The number of hydrogen-bond donors (Lipinski definition) is 1. The molecule has 1 aromatic heterocycles. The molecule has 1 aliphatic rings. The number of aliphatic hydroxyl groups is 1. The van der Waals surface area contributed by atoms with Gasteiger partial charge in [-0.05, 0) is 42.4 Å². The van der Waals surface area contributed by atoms with Crippen LogP contribution in [-0.4, -0.2) is 35.6 Å². The molecule has 1 heterocycles. The minimum Gasteiger partial charge on any atom is -0.493 e. The Morgan fingerprint density at radius 3 is 2.43 bits per heavy atom. The van der Waals surface area contributed by atoms with E-state index in [1.54, 1.807) is 14.2 Å². The maximum absolute atomic E-state index is 10.4. The number of ether oxygens (including phenoxy) is 2. The minimum absolute atomic E-state index is 0.0502. The van der Waals surface area contributed by atoms with Crippen molar-refractivity contribution in [2.45, 2.75) is 70.8 Å². The van der Waals surface area contributed by atoms with Crippen LogP contribution in [0.3, 0.4) is 0 Å². The molecule has 0 saturated heterocycles. The van der Waals surface area contributed by atoms with E-state index in [2.05, 4.69) is 32.0 Å². The molecule has 1 unspecified atom stereocenters. The molecule has 1 fully saturated rings. The van der Waals surface area contributed by atoms with E-state index in [0.717, 1.165) is 31.2 Å². The van der Waals surface area contributed by atoms with Crippen LogP contribution in [0.25, 0.3) is 0 Å². The molecule has 1 aromatic carbocycles. The molecule has 28 heavy (non-hydrogen) atoms. The predicted octanol–water partition coefficient (Wildman–Crippen LogP) is 4.29. The first-order valence-electron chi connectivity index (χ1n) is 10.0. The van der Waals surface area contributed by atoms with Crippen LogP contribution >= 0.6 is 0 Å². The van der Waals surface area contributed by atoms with E-state index in [-0.39, 0.29) is 10.8 Å². The highest BCUT2D eigenvalue weighted by Crippen LogP contribution is 2.47. The zero-order chi connectivity index (χ0) is 20.4. The van der Waals surface area contributed by atoms with Gasteiger partial charge >= 0.3 is 0 Å². The second-order valence-corrected chi connectivity index (χ2v) is 8.99. The highest BCUT2D eigenvalue weighted by Gasteiger charge is 2.42.